The second-order valence-corrected chi connectivity index (χ2v) is 7.36. The van der Waals surface area contributed by atoms with Crippen molar-refractivity contribution in [1.82, 2.24) is 15.8 Å². The maximum atomic E-state index is 12.1. The third kappa shape index (κ3) is 5.32. The number of amides is 2. The minimum absolute atomic E-state index is 0.182. The molecule has 0 aromatic heterocycles. The van der Waals surface area contributed by atoms with Crippen LogP contribution in [-0.2, 0) is 4.79 Å². The van der Waals surface area contributed by atoms with E-state index in [0.717, 1.165) is 31.5 Å². The molecule has 0 saturated carbocycles. The topological polar surface area (TPSA) is 81.7 Å². The van der Waals surface area contributed by atoms with Crippen molar-refractivity contribution >= 4 is 23.4 Å². The Morgan fingerprint density at radius 1 is 1.04 bits per heavy atom. The lowest BCUT2D eigenvalue weighted by atomic mass is 9.87. The number of rotatable bonds is 5. The van der Waals surface area contributed by atoms with Gasteiger partial charge < -0.3 is 5.11 Å². The molecular weight excluding hydrogens is 378 g/mol. The first-order valence-electron chi connectivity index (χ1n) is 9.33. The van der Waals surface area contributed by atoms with Gasteiger partial charge in [0.05, 0.1) is 23.2 Å². The number of carbonyl (C=O) groups excluding carboxylic acids is 2. The molecule has 2 aromatic carbocycles. The Morgan fingerprint density at radius 2 is 1.68 bits per heavy atom. The number of aliphatic hydroxyl groups is 1. The van der Waals surface area contributed by atoms with Gasteiger partial charge in [-0.25, -0.2) is 0 Å². The summed E-state index contributed by atoms with van der Waals surface area (Å²) < 4.78 is 0. The van der Waals surface area contributed by atoms with E-state index in [1.165, 1.54) is 0 Å². The number of hydrazine groups is 1. The van der Waals surface area contributed by atoms with Crippen LogP contribution in [0.2, 0.25) is 5.02 Å². The second-order valence-electron chi connectivity index (χ2n) is 6.95. The van der Waals surface area contributed by atoms with Gasteiger partial charge in [0, 0.05) is 0 Å². The molecule has 3 rings (SSSR count). The van der Waals surface area contributed by atoms with Crippen LogP contribution in [0.3, 0.4) is 0 Å². The summed E-state index contributed by atoms with van der Waals surface area (Å²) in [7, 11) is 0. The summed E-state index contributed by atoms with van der Waals surface area (Å²) in [6.45, 7) is 1.64. The van der Waals surface area contributed by atoms with Crippen molar-refractivity contribution in [3.8, 4) is 0 Å². The molecule has 6 nitrogen and oxygen atoms in total. The van der Waals surface area contributed by atoms with E-state index in [2.05, 4.69) is 10.9 Å². The third-order valence-electron chi connectivity index (χ3n) is 5.02. The van der Waals surface area contributed by atoms with Gasteiger partial charge in [0.1, 0.15) is 0 Å². The fourth-order valence-electron chi connectivity index (χ4n) is 3.43. The SMILES string of the molecule is O=C(CN1CCC(C(O)c2ccccc2)CC1)NNC(=O)c1ccccc1Cl. The van der Waals surface area contributed by atoms with E-state index in [9.17, 15) is 14.7 Å². The zero-order valence-corrected chi connectivity index (χ0v) is 16.2. The van der Waals surface area contributed by atoms with Crippen molar-refractivity contribution in [2.45, 2.75) is 18.9 Å². The summed E-state index contributed by atoms with van der Waals surface area (Å²) in [5.74, 6) is -0.562. The molecule has 0 aliphatic carbocycles. The lowest BCUT2D eigenvalue weighted by molar-refractivity contribution is -0.123. The Kier molecular flexibility index (Phi) is 7.03. The minimum atomic E-state index is -0.480. The number of likely N-dealkylation sites (tertiary alicyclic amines) is 1. The van der Waals surface area contributed by atoms with Crippen LogP contribution in [0.5, 0.6) is 0 Å². The standard InChI is InChI=1S/C21H24ClN3O3/c22-18-9-5-4-8-17(18)21(28)24-23-19(26)14-25-12-10-16(11-13-25)20(27)15-6-2-1-3-7-15/h1-9,16,20,27H,10-14H2,(H,23,26)(H,24,28). The van der Waals surface area contributed by atoms with Crippen LogP contribution in [0.1, 0.15) is 34.9 Å². The molecule has 1 atom stereocenters. The second kappa shape index (κ2) is 9.68. The van der Waals surface area contributed by atoms with Crippen LogP contribution in [0.25, 0.3) is 0 Å². The minimum Gasteiger partial charge on any atom is -0.388 e. The van der Waals surface area contributed by atoms with Crippen molar-refractivity contribution < 1.29 is 14.7 Å². The van der Waals surface area contributed by atoms with Crippen LogP contribution >= 0.6 is 11.6 Å². The number of nitrogens with zero attached hydrogens (tertiary/aromatic N) is 1. The number of hydrogen-bond donors (Lipinski definition) is 3. The molecule has 28 heavy (non-hydrogen) atoms. The molecule has 1 heterocycles. The maximum Gasteiger partial charge on any atom is 0.271 e. The van der Waals surface area contributed by atoms with E-state index in [4.69, 9.17) is 11.6 Å². The molecule has 2 amide bonds. The number of hydrogen-bond acceptors (Lipinski definition) is 4. The summed E-state index contributed by atoms with van der Waals surface area (Å²) in [5.41, 5.74) is 6.05. The summed E-state index contributed by atoms with van der Waals surface area (Å²) in [5, 5.41) is 10.9. The van der Waals surface area contributed by atoms with Gasteiger partial charge in [0.15, 0.2) is 0 Å². The first-order valence-corrected chi connectivity index (χ1v) is 9.71. The molecule has 1 saturated heterocycles. The van der Waals surface area contributed by atoms with Crippen molar-refractivity contribution in [1.29, 1.82) is 0 Å². The quantitative estimate of drug-likeness (QED) is 0.672. The smallest absolute Gasteiger partial charge is 0.271 e. The van der Waals surface area contributed by atoms with E-state index >= 15 is 0 Å². The monoisotopic (exact) mass is 401 g/mol. The molecule has 0 radical (unpaired) electrons. The number of nitrogens with one attached hydrogen (secondary N) is 2. The van der Waals surface area contributed by atoms with Gasteiger partial charge in [-0.2, -0.15) is 0 Å². The molecule has 1 aliphatic rings. The number of halogens is 1. The first-order chi connectivity index (χ1) is 13.5. The number of benzene rings is 2. The van der Waals surface area contributed by atoms with Crippen LogP contribution in [0.4, 0.5) is 0 Å². The molecule has 0 bridgehead atoms. The van der Waals surface area contributed by atoms with Gasteiger partial charge in [0.2, 0.25) is 0 Å². The number of piperidine rings is 1. The molecule has 148 valence electrons. The lowest BCUT2D eigenvalue weighted by Gasteiger charge is -2.33. The Balaban J connectivity index is 1.41. The van der Waals surface area contributed by atoms with E-state index in [-0.39, 0.29) is 18.4 Å². The van der Waals surface area contributed by atoms with Gasteiger partial charge >= 0.3 is 0 Å². The van der Waals surface area contributed by atoms with Gasteiger partial charge in [0.25, 0.3) is 11.8 Å². The average Bonchev–Trinajstić information content (AvgIpc) is 2.73. The van der Waals surface area contributed by atoms with Gasteiger partial charge in [-0.1, -0.05) is 54.1 Å². The fraction of sp³-hybridized carbons (Fsp3) is 0.333. The Labute approximate surface area is 169 Å². The van der Waals surface area contributed by atoms with E-state index in [0.29, 0.717) is 10.6 Å². The first kappa shape index (κ1) is 20.3. The molecule has 3 N–H and O–H groups in total. The van der Waals surface area contributed by atoms with Gasteiger partial charge in [-0.15, -0.1) is 0 Å². The van der Waals surface area contributed by atoms with E-state index < -0.39 is 12.0 Å². The number of carbonyl (C=O) groups is 2. The largest absolute Gasteiger partial charge is 0.388 e. The van der Waals surface area contributed by atoms with Crippen molar-refractivity contribution in [2.24, 2.45) is 5.92 Å². The van der Waals surface area contributed by atoms with Crippen molar-refractivity contribution in [2.75, 3.05) is 19.6 Å². The molecule has 0 spiro atoms. The Morgan fingerprint density at radius 3 is 2.36 bits per heavy atom. The molecule has 1 aliphatic heterocycles. The number of aliphatic hydroxyl groups excluding tert-OH is 1. The summed E-state index contributed by atoms with van der Waals surface area (Å²) >= 11 is 5.97. The van der Waals surface area contributed by atoms with Gasteiger partial charge in [-0.3, -0.25) is 25.3 Å². The fourth-order valence-corrected chi connectivity index (χ4v) is 3.65. The van der Waals surface area contributed by atoms with Crippen molar-refractivity contribution in [3.05, 3.63) is 70.7 Å². The highest BCUT2D eigenvalue weighted by atomic mass is 35.5. The van der Waals surface area contributed by atoms with Crippen LogP contribution < -0.4 is 10.9 Å². The van der Waals surface area contributed by atoms with Gasteiger partial charge in [-0.05, 0) is 49.5 Å². The zero-order valence-electron chi connectivity index (χ0n) is 15.5. The highest BCUT2D eigenvalue weighted by molar-refractivity contribution is 6.33. The molecule has 7 heteroatoms. The third-order valence-corrected chi connectivity index (χ3v) is 5.35. The normalized spacial score (nSPS) is 16.4. The highest BCUT2D eigenvalue weighted by Crippen LogP contribution is 2.30. The van der Waals surface area contributed by atoms with E-state index in [1.54, 1.807) is 24.3 Å². The zero-order chi connectivity index (χ0) is 19.9. The predicted molar refractivity (Wildman–Crippen MR) is 108 cm³/mol. The highest BCUT2D eigenvalue weighted by Gasteiger charge is 2.27. The van der Waals surface area contributed by atoms with Crippen LogP contribution in [0, 0.1) is 5.92 Å². The Bertz CT molecular complexity index is 808. The summed E-state index contributed by atoms with van der Waals surface area (Å²) in [6, 6.07) is 16.3. The van der Waals surface area contributed by atoms with E-state index in [1.807, 2.05) is 35.2 Å². The molecule has 1 unspecified atom stereocenters. The Hall–Kier alpha value is -2.41. The maximum absolute atomic E-state index is 12.1. The molecule has 1 fully saturated rings. The van der Waals surface area contributed by atoms with Crippen molar-refractivity contribution in [3.63, 3.8) is 0 Å². The van der Waals surface area contributed by atoms with Crippen LogP contribution in [-0.4, -0.2) is 41.5 Å². The molecular formula is C21H24ClN3O3. The lowest BCUT2D eigenvalue weighted by Crippen LogP contribution is -2.48. The summed E-state index contributed by atoms with van der Waals surface area (Å²) in [4.78, 5) is 26.2. The summed E-state index contributed by atoms with van der Waals surface area (Å²) in [6.07, 6.45) is 1.15. The van der Waals surface area contributed by atoms with Crippen LogP contribution in [0.15, 0.2) is 54.6 Å². The average molecular weight is 402 g/mol. The predicted octanol–water partition coefficient (Wildman–Crippen LogP) is 2.55. The molecule has 2 aromatic rings.